The Bertz CT molecular complexity index is 704. The Balaban J connectivity index is 1.56. The highest BCUT2D eigenvalue weighted by molar-refractivity contribution is 5.75. The minimum Gasteiger partial charge on any atom is -0.341 e. The van der Waals surface area contributed by atoms with Gasteiger partial charge in [-0.3, -0.25) is 4.90 Å². The summed E-state index contributed by atoms with van der Waals surface area (Å²) in [5.74, 6) is 0.512. The first-order valence-corrected chi connectivity index (χ1v) is 7.00. The molecule has 3 rings (SSSR count). The van der Waals surface area contributed by atoms with Crippen LogP contribution in [0, 0.1) is 5.82 Å². The van der Waals surface area contributed by atoms with E-state index in [1.54, 1.807) is 12.3 Å². The van der Waals surface area contributed by atoms with E-state index >= 15 is 0 Å². The van der Waals surface area contributed by atoms with E-state index < -0.39 is 0 Å². The Labute approximate surface area is 122 Å². The lowest BCUT2D eigenvalue weighted by Gasteiger charge is -2.14. The standard InChI is InChI=1S/C15H18FN5/c1-20(7-3-8-21-9-6-17-11-21)10-14-18-13-5-2-4-12(16)15(13)19-14/h2,4-6,9,11H,3,7-8,10H2,1H3,(H,18,19). The lowest BCUT2D eigenvalue weighted by molar-refractivity contribution is 0.308. The molecular formula is C15H18FN5. The maximum atomic E-state index is 13.6. The van der Waals surface area contributed by atoms with E-state index in [4.69, 9.17) is 0 Å². The number of H-pyrrole nitrogens is 1. The van der Waals surface area contributed by atoms with Crippen LogP contribution in [0.2, 0.25) is 0 Å². The molecule has 0 bridgehead atoms. The lowest BCUT2D eigenvalue weighted by atomic mass is 10.3. The SMILES string of the molecule is CN(CCCn1ccnc1)Cc1nc2c(F)cccc2[nH]1. The van der Waals surface area contributed by atoms with Gasteiger partial charge >= 0.3 is 0 Å². The predicted molar refractivity (Wildman–Crippen MR) is 79.2 cm³/mol. The fraction of sp³-hybridized carbons (Fsp3) is 0.333. The van der Waals surface area contributed by atoms with Gasteiger partial charge in [0.1, 0.15) is 11.3 Å². The van der Waals surface area contributed by atoms with Crippen LogP contribution in [0.25, 0.3) is 11.0 Å². The summed E-state index contributed by atoms with van der Waals surface area (Å²) in [5, 5.41) is 0. The van der Waals surface area contributed by atoms with Gasteiger partial charge < -0.3 is 9.55 Å². The van der Waals surface area contributed by atoms with Gasteiger partial charge in [-0.25, -0.2) is 14.4 Å². The number of nitrogens with zero attached hydrogens (tertiary/aromatic N) is 4. The first-order valence-electron chi connectivity index (χ1n) is 7.00. The molecule has 5 nitrogen and oxygen atoms in total. The zero-order valence-electron chi connectivity index (χ0n) is 12.0. The summed E-state index contributed by atoms with van der Waals surface area (Å²) in [7, 11) is 2.04. The van der Waals surface area contributed by atoms with Gasteiger partial charge in [-0.05, 0) is 25.6 Å². The van der Waals surface area contributed by atoms with Crippen LogP contribution in [0.4, 0.5) is 4.39 Å². The van der Waals surface area contributed by atoms with Crippen LogP contribution >= 0.6 is 0 Å². The number of hydrogen-bond donors (Lipinski definition) is 1. The van der Waals surface area contributed by atoms with Crippen molar-refractivity contribution in [2.45, 2.75) is 19.5 Å². The Kier molecular flexibility index (Phi) is 3.96. The van der Waals surface area contributed by atoms with E-state index in [2.05, 4.69) is 24.4 Å². The average molecular weight is 287 g/mol. The topological polar surface area (TPSA) is 49.7 Å². The molecule has 2 aromatic heterocycles. The van der Waals surface area contributed by atoms with Crippen molar-refractivity contribution in [3.63, 3.8) is 0 Å². The molecule has 0 aliphatic heterocycles. The monoisotopic (exact) mass is 287 g/mol. The van der Waals surface area contributed by atoms with E-state index in [9.17, 15) is 4.39 Å². The molecule has 0 atom stereocenters. The van der Waals surface area contributed by atoms with Crippen molar-refractivity contribution in [1.82, 2.24) is 24.4 Å². The molecule has 3 aromatic rings. The first-order chi connectivity index (χ1) is 10.2. The molecule has 0 saturated carbocycles. The van der Waals surface area contributed by atoms with Crippen molar-refractivity contribution in [2.24, 2.45) is 0 Å². The van der Waals surface area contributed by atoms with Crippen LogP contribution in [0.3, 0.4) is 0 Å². The van der Waals surface area contributed by atoms with Gasteiger partial charge in [-0.2, -0.15) is 0 Å². The fourth-order valence-corrected chi connectivity index (χ4v) is 2.40. The molecule has 1 aromatic carbocycles. The van der Waals surface area contributed by atoms with Crippen LogP contribution in [-0.4, -0.2) is 38.0 Å². The normalized spacial score (nSPS) is 11.6. The third kappa shape index (κ3) is 3.28. The minimum absolute atomic E-state index is 0.280. The molecule has 110 valence electrons. The number of imidazole rings is 2. The molecule has 0 aliphatic carbocycles. The van der Waals surface area contributed by atoms with Crippen molar-refractivity contribution in [1.29, 1.82) is 0 Å². The van der Waals surface area contributed by atoms with Crippen molar-refractivity contribution in [2.75, 3.05) is 13.6 Å². The number of benzene rings is 1. The van der Waals surface area contributed by atoms with Gasteiger partial charge in [0.2, 0.25) is 0 Å². The zero-order valence-corrected chi connectivity index (χ0v) is 12.0. The number of rotatable bonds is 6. The Morgan fingerprint density at radius 1 is 1.38 bits per heavy atom. The summed E-state index contributed by atoms with van der Waals surface area (Å²) < 4.78 is 15.7. The summed E-state index contributed by atoms with van der Waals surface area (Å²) in [6, 6.07) is 4.96. The van der Waals surface area contributed by atoms with Gasteiger partial charge in [0, 0.05) is 25.5 Å². The van der Waals surface area contributed by atoms with Gasteiger partial charge in [0.05, 0.1) is 18.4 Å². The summed E-state index contributed by atoms with van der Waals surface area (Å²) in [6.07, 6.45) is 6.60. The second-order valence-corrected chi connectivity index (χ2v) is 5.21. The summed E-state index contributed by atoms with van der Waals surface area (Å²) in [5.41, 5.74) is 1.16. The lowest BCUT2D eigenvalue weighted by Crippen LogP contribution is -2.20. The number of para-hydroxylation sites is 1. The molecule has 0 saturated heterocycles. The summed E-state index contributed by atoms with van der Waals surface area (Å²) in [4.78, 5) is 13.7. The number of halogens is 1. The maximum absolute atomic E-state index is 13.6. The number of aromatic amines is 1. The maximum Gasteiger partial charge on any atom is 0.151 e. The van der Waals surface area contributed by atoms with Crippen LogP contribution in [-0.2, 0) is 13.1 Å². The molecule has 0 unspecified atom stereocenters. The molecule has 0 radical (unpaired) electrons. The quantitative estimate of drug-likeness (QED) is 0.757. The second kappa shape index (κ2) is 6.05. The van der Waals surface area contributed by atoms with Crippen LogP contribution < -0.4 is 0 Å². The molecule has 6 heteroatoms. The fourth-order valence-electron chi connectivity index (χ4n) is 2.40. The van der Waals surface area contributed by atoms with Crippen LogP contribution in [0.5, 0.6) is 0 Å². The zero-order chi connectivity index (χ0) is 14.7. The Morgan fingerprint density at radius 2 is 2.29 bits per heavy atom. The first kappa shape index (κ1) is 13.8. The number of nitrogens with one attached hydrogen (secondary N) is 1. The second-order valence-electron chi connectivity index (χ2n) is 5.21. The van der Waals surface area contributed by atoms with Crippen LogP contribution in [0.1, 0.15) is 12.2 Å². The summed E-state index contributed by atoms with van der Waals surface area (Å²) in [6.45, 7) is 2.56. The van der Waals surface area contributed by atoms with E-state index in [1.165, 1.54) is 6.07 Å². The minimum atomic E-state index is -0.280. The molecular weight excluding hydrogens is 269 g/mol. The van der Waals surface area contributed by atoms with Crippen molar-refractivity contribution < 1.29 is 4.39 Å². The van der Waals surface area contributed by atoms with Crippen molar-refractivity contribution >= 4 is 11.0 Å². The molecule has 0 spiro atoms. The van der Waals surface area contributed by atoms with Crippen LogP contribution in [0.15, 0.2) is 36.9 Å². The van der Waals surface area contributed by atoms with Gasteiger partial charge in [-0.15, -0.1) is 0 Å². The van der Waals surface area contributed by atoms with E-state index in [1.807, 2.05) is 25.6 Å². The number of hydrogen-bond acceptors (Lipinski definition) is 3. The highest BCUT2D eigenvalue weighted by Gasteiger charge is 2.08. The van der Waals surface area contributed by atoms with Crippen molar-refractivity contribution in [3.8, 4) is 0 Å². The third-order valence-electron chi connectivity index (χ3n) is 3.45. The molecule has 0 fully saturated rings. The van der Waals surface area contributed by atoms with E-state index in [-0.39, 0.29) is 5.82 Å². The van der Waals surface area contributed by atoms with Gasteiger partial charge in [0.15, 0.2) is 5.82 Å². The molecule has 1 N–H and O–H groups in total. The predicted octanol–water partition coefficient (Wildman–Crippen LogP) is 2.42. The summed E-state index contributed by atoms with van der Waals surface area (Å²) >= 11 is 0. The number of fused-ring (bicyclic) bond motifs is 1. The Morgan fingerprint density at radius 3 is 3.05 bits per heavy atom. The van der Waals surface area contributed by atoms with E-state index in [0.717, 1.165) is 30.9 Å². The largest absolute Gasteiger partial charge is 0.341 e. The highest BCUT2D eigenvalue weighted by atomic mass is 19.1. The molecule has 0 amide bonds. The highest BCUT2D eigenvalue weighted by Crippen LogP contribution is 2.15. The Hall–Kier alpha value is -2.21. The average Bonchev–Trinajstić information content (AvgIpc) is 3.08. The van der Waals surface area contributed by atoms with Crippen molar-refractivity contribution in [3.05, 3.63) is 48.6 Å². The molecule has 21 heavy (non-hydrogen) atoms. The van der Waals surface area contributed by atoms with E-state index in [0.29, 0.717) is 12.1 Å². The molecule has 2 heterocycles. The third-order valence-corrected chi connectivity index (χ3v) is 3.45. The number of aryl methyl sites for hydroxylation is 1. The van der Waals surface area contributed by atoms with Gasteiger partial charge in [0.25, 0.3) is 0 Å². The van der Waals surface area contributed by atoms with Gasteiger partial charge in [-0.1, -0.05) is 6.07 Å². The molecule has 0 aliphatic rings. The number of aromatic nitrogens is 4. The smallest absolute Gasteiger partial charge is 0.151 e.